The lowest BCUT2D eigenvalue weighted by Crippen LogP contribution is -2.55. The molecular formula is C29H29N3O7S. The van der Waals surface area contributed by atoms with Crippen LogP contribution in [0.5, 0.6) is 5.75 Å². The van der Waals surface area contributed by atoms with Crippen molar-refractivity contribution in [1.82, 2.24) is 15.6 Å². The van der Waals surface area contributed by atoms with E-state index in [2.05, 4.69) is 15.6 Å². The molecule has 1 heterocycles. The number of hydrogen-bond donors (Lipinski definition) is 3. The van der Waals surface area contributed by atoms with Gasteiger partial charge >= 0.3 is 5.97 Å². The molecule has 0 aliphatic heterocycles. The summed E-state index contributed by atoms with van der Waals surface area (Å²) in [6, 6.07) is 17.9. The molecule has 0 aliphatic rings. The molecule has 4 aromatic rings. The molecule has 3 aromatic carbocycles. The predicted molar refractivity (Wildman–Crippen MR) is 150 cm³/mol. The highest BCUT2D eigenvalue weighted by Crippen LogP contribution is 2.25. The van der Waals surface area contributed by atoms with Gasteiger partial charge < -0.3 is 24.9 Å². The standard InChI is InChI=1S/C29H29N3O7S/c1-17(2)27(32-25(34)15-38-23-13-7-9-18-8-3-4-10-19(18)23)28(37)30-21(14-26(35)36)22(33)16-40-29-31-20-11-5-6-12-24(20)39-29/h3-13,17,21,27H,14-16H2,1-2H3,(H,30,37)(H,32,34)(H,35,36)/t21-,27-/m0/s1. The molecule has 2 atom stereocenters. The first-order chi connectivity index (χ1) is 19.2. The number of carboxylic acid groups (broad SMARTS) is 1. The fourth-order valence-electron chi connectivity index (χ4n) is 4.04. The Labute approximate surface area is 234 Å². The number of para-hydroxylation sites is 2. The van der Waals surface area contributed by atoms with Gasteiger partial charge in [-0.1, -0.05) is 74.1 Å². The monoisotopic (exact) mass is 563 g/mol. The molecule has 11 heteroatoms. The molecule has 10 nitrogen and oxygen atoms in total. The number of aliphatic carboxylic acids is 1. The van der Waals surface area contributed by atoms with Crippen molar-refractivity contribution in [2.45, 2.75) is 37.6 Å². The first-order valence-corrected chi connectivity index (χ1v) is 13.6. The van der Waals surface area contributed by atoms with E-state index >= 15 is 0 Å². The molecule has 208 valence electrons. The maximum absolute atomic E-state index is 13.1. The van der Waals surface area contributed by atoms with Gasteiger partial charge in [-0.05, 0) is 29.5 Å². The number of Topliss-reactive ketones (excluding diaryl/α,β-unsaturated/α-hetero) is 1. The summed E-state index contributed by atoms with van der Waals surface area (Å²) in [6.07, 6.45) is -0.609. The van der Waals surface area contributed by atoms with E-state index in [1.165, 1.54) is 0 Å². The second-order valence-corrected chi connectivity index (χ2v) is 10.3. The van der Waals surface area contributed by atoms with Crippen LogP contribution >= 0.6 is 11.8 Å². The van der Waals surface area contributed by atoms with E-state index in [4.69, 9.17) is 9.15 Å². The number of carbonyl (C=O) groups excluding carboxylic acids is 3. The number of amides is 2. The fraction of sp³-hybridized carbons (Fsp3) is 0.276. The van der Waals surface area contributed by atoms with Crippen LogP contribution in [0.4, 0.5) is 0 Å². The highest BCUT2D eigenvalue weighted by atomic mass is 32.2. The average molecular weight is 564 g/mol. The van der Waals surface area contributed by atoms with Gasteiger partial charge in [0, 0.05) is 5.39 Å². The summed E-state index contributed by atoms with van der Waals surface area (Å²) in [7, 11) is 0. The van der Waals surface area contributed by atoms with Crippen LogP contribution in [0.25, 0.3) is 21.9 Å². The number of nitrogens with one attached hydrogen (secondary N) is 2. The van der Waals surface area contributed by atoms with Crippen molar-refractivity contribution >= 4 is 57.2 Å². The Balaban J connectivity index is 1.36. The molecule has 0 aliphatic carbocycles. The third kappa shape index (κ3) is 7.38. The van der Waals surface area contributed by atoms with Crippen LogP contribution < -0.4 is 15.4 Å². The number of thioether (sulfide) groups is 1. The Bertz CT molecular complexity index is 1500. The highest BCUT2D eigenvalue weighted by Gasteiger charge is 2.30. The second kappa shape index (κ2) is 13.1. The third-order valence-corrected chi connectivity index (χ3v) is 6.92. The molecular weight excluding hydrogens is 534 g/mol. The van der Waals surface area contributed by atoms with Gasteiger partial charge in [0.25, 0.3) is 11.1 Å². The molecule has 0 bridgehead atoms. The van der Waals surface area contributed by atoms with E-state index in [9.17, 15) is 24.3 Å². The molecule has 0 unspecified atom stereocenters. The average Bonchev–Trinajstić information content (AvgIpc) is 3.35. The summed E-state index contributed by atoms with van der Waals surface area (Å²) < 4.78 is 11.3. The second-order valence-electron chi connectivity index (χ2n) is 9.42. The molecule has 0 spiro atoms. The lowest BCUT2D eigenvalue weighted by molar-refractivity contribution is -0.140. The predicted octanol–water partition coefficient (Wildman–Crippen LogP) is 3.82. The largest absolute Gasteiger partial charge is 0.483 e. The van der Waals surface area contributed by atoms with Crippen LogP contribution in [0, 0.1) is 5.92 Å². The number of carbonyl (C=O) groups is 4. The van der Waals surface area contributed by atoms with Gasteiger partial charge in [0.15, 0.2) is 18.0 Å². The minimum atomic E-state index is -1.30. The Morgan fingerprint density at radius 1 is 0.975 bits per heavy atom. The Morgan fingerprint density at radius 2 is 1.70 bits per heavy atom. The molecule has 0 saturated carbocycles. The Hall–Kier alpha value is -4.38. The number of fused-ring (bicyclic) bond motifs is 2. The fourth-order valence-corrected chi connectivity index (χ4v) is 4.82. The topological polar surface area (TPSA) is 148 Å². The van der Waals surface area contributed by atoms with Crippen molar-refractivity contribution in [3.8, 4) is 5.75 Å². The molecule has 0 fully saturated rings. The van der Waals surface area contributed by atoms with Crippen LogP contribution in [0.15, 0.2) is 76.4 Å². The summed E-state index contributed by atoms with van der Waals surface area (Å²) in [5.41, 5.74) is 1.19. The van der Waals surface area contributed by atoms with Gasteiger partial charge in [-0.2, -0.15) is 0 Å². The van der Waals surface area contributed by atoms with Crippen LogP contribution in [0.2, 0.25) is 0 Å². The summed E-state index contributed by atoms with van der Waals surface area (Å²) in [4.78, 5) is 54.5. The summed E-state index contributed by atoms with van der Waals surface area (Å²) in [6.45, 7) is 3.13. The first-order valence-electron chi connectivity index (χ1n) is 12.6. The zero-order chi connectivity index (χ0) is 28.6. The van der Waals surface area contributed by atoms with Gasteiger partial charge in [-0.25, -0.2) is 4.98 Å². The highest BCUT2D eigenvalue weighted by molar-refractivity contribution is 7.99. The van der Waals surface area contributed by atoms with E-state index in [1.54, 1.807) is 38.1 Å². The summed E-state index contributed by atoms with van der Waals surface area (Å²) in [5, 5.41) is 16.6. The summed E-state index contributed by atoms with van der Waals surface area (Å²) in [5.74, 6) is -2.95. The molecule has 4 rings (SSSR count). The van der Waals surface area contributed by atoms with Gasteiger partial charge in [0.1, 0.15) is 17.3 Å². The zero-order valence-corrected chi connectivity index (χ0v) is 22.8. The number of oxazole rings is 1. The molecule has 1 aromatic heterocycles. The van der Waals surface area contributed by atoms with E-state index in [1.807, 2.05) is 42.5 Å². The number of benzene rings is 3. The van der Waals surface area contributed by atoms with Crippen molar-refractivity contribution in [2.24, 2.45) is 5.92 Å². The minimum Gasteiger partial charge on any atom is -0.483 e. The number of ketones is 1. The first kappa shape index (κ1) is 28.6. The van der Waals surface area contributed by atoms with Crippen molar-refractivity contribution in [1.29, 1.82) is 0 Å². The van der Waals surface area contributed by atoms with Crippen LogP contribution in [0.1, 0.15) is 20.3 Å². The number of ether oxygens (including phenoxy) is 1. The van der Waals surface area contributed by atoms with E-state index in [0.717, 1.165) is 22.5 Å². The summed E-state index contributed by atoms with van der Waals surface area (Å²) >= 11 is 1.01. The normalized spacial score (nSPS) is 12.7. The maximum atomic E-state index is 13.1. The van der Waals surface area contributed by atoms with Crippen molar-refractivity contribution in [2.75, 3.05) is 12.4 Å². The zero-order valence-electron chi connectivity index (χ0n) is 22.0. The number of aromatic nitrogens is 1. The van der Waals surface area contributed by atoms with Crippen LogP contribution in [-0.2, 0) is 19.2 Å². The number of carboxylic acids is 1. The van der Waals surface area contributed by atoms with Crippen molar-refractivity contribution in [3.05, 3.63) is 66.7 Å². The molecule has 3 N–H and O–H groups in total. The van der Waals surface area contributed by atoms with Crippen LogP contribution in [0.3, 0.4) is 0 Å². The SMILES string of the molecule is CC(C)[C@H](NC(=O)COc1cccc2ccccc12)C(=O)N[C@@H](CC(=O)O)C(=O)CSc1nc2ccccc2o1. The molecule has 0 saturated heterocycles. The lowest BCUT2D eigenvalue weighted by atomic mass is 10.0. The molecule has 2 amide bonds. The minimum absolute atomic E-state index is 0.164. The van der Waals surface area contributed by atoms with Crippen LogP contribution in [-0.4, -0.2) is 58.1 Å². The molecule has 0 radical (unpaired) electrons. The molecule has 40 heavy (non-hydrogen) atoms. The van der Waals surface area contributed by atoms with Gasteiger partial charge in [-0.3, -0.25) is 19.2 Å². The van der Waals surface area contributed by atoms with Crippen molar-refractivity contribution in [3.63, 3.8) is 0 Å². The number of nitrogens with zero attached hydrogens (tertiary/aromatic N) is 1. The Kier molecular flexibility index (Phi) is 9.39. The smallest absolute Gasteiger partial charge is 0.305 e. The van der Waals surface area contributed by atoms with Gasteiger partial charge in [-0.15, -0.1) is 0 Å². The quantitative estimate of drug-likeness (QED) is 0.207. The van der Waals surface area contributed by atoms with Gasteiger partial charge in [0.2, 0.25) is 5.91 Å². The van der Waals surface area contributed by atoms with E-state index in [-0.39, 0.29) is 23.5 Å². The third-order valence-electron chi connectivity index (χ3n) is 6.07. The van der Waals surface area contributed by atoms with Crippen molar-refractivity contribution < 1.29 is 33.4 Å². The van der Waals surface area contributed by atoms with E-state index in [0.29, 0.717) is 16.8 Å². The number of rotatable bonds is 13. The van der Waals surface area contributed by atoms with Gasteiger partial charge in [0.05, 0.1) is 18.2 Å². The maximum Gasteiger partial charge on any atom is 0.305 e. The number of hydrogen-bond acceptors (Lipinski definition) is 8. The lowest BCUT2D eigenvalue weighted by Gasteiger charge is -2.24. The van der Waals surface area contributed by atoms with E-state index < -0.39 is 42.1 Å². The Morgan fingerprint density at radius 3 is 2.45 bits per heavy atom.